The first kappa shape index (κ1) is 22.1. The van der Waals surface area contributed by atoms with Gasteiger partial charge in [-0.1, -0.05) is 30.3 Å². The van der Waals surface area contributed by atoms with Crippen molar-refractivity contribution in [3.8, 4) is 11.3 Å². The lowest BCUT2D eigenvalue weighted by Gasteiger charge is -2.17. The number of likely N-dealkylation sites (N-methyl/N-ethyl adjacent to an activating group) is 1. The lowest BCUT2D eigenvalue weighted by Crippen LogP contribution is -2.21. The molecule has 0 saturated carbocycles. The Kier molecular flexibility index (Phi) is 6.71. The van der Waals surface area contributed by atoms with Crippen molar-refractivity contribution in [3.63, 3.8) is 0 Å². The highest BCUT2D eigenvalue weighted by Gasteiger charge is 2.13. The fraction of sp³-hybridized carbons (Fsp3) is 0.115. The van der Waals surface area contributed by atoms with E-state index >= 15 is 0 Å². The quantitative estimate of drug-likeness (QED) is 0.332. The van der Waals surface area contributed by atoms with E-state index in [0.717, 1.165) is 11.3 Å². The Hall–Kier alpha value is -4.10. The number of aliphatic hydroxyl groups excluding tert-OH is 1. The highest BCUT2D eigenvalue weighted by atomic mass is 19.1. The fourth-order valence-electron chi connectivity index (χ4n) is 3.45. The van der Waals surface area contributed by atoms with Gasteiger partial charge in [-0.05, 0) is 54.1 Å². The zero-order chi connectivity index (χ0) is 23.2. The molecule has 0 aliphatic heterocycles. The Labute approximate surface area is 191 Å². The molecule has 0 spiro atoms. The molecule has 1 heterocycles. The van der Waals surface area contributed by atoms with Crippen LogP contribution in [0.1, 0.15) is 15.9 Å². The van der Waals surface area contributed by atoms with E-state index in [9.17, 15) is 9.18 Å². The number of nitrogens with one attached hydrogen (secondary N) is 1. The average Bonchev–Trinajstić information content (AvgIpc) is 2.84. The third-order valence-corrected chi connectivity index (χ3v) is 5.25. The molecule has 0 radical (unpaired) electrons. The van der Waals surface area contributed by atoms with Gasteiger partial charge in [0.2, 0.25) is 0 Å². The molecule has 4 aromatic rings. The number of hydrogen-bond acceptors (Lipinski definition) is 5. The smallest absolute Gasteiger partial charge is 0.272 e. The van der Waals surface area contributed by atoms with Gasteiger partial charge in [-0.3, -0.25) is 4.79 Å². The summed E-state index contributed by atoms with van der Waals surface area (Å²) in [7, 11) is 1.90. The maximum atomic E-state index is 13.3. The number of aromatic nitrogens is 1. The number of carbonyl (C=O) groups is 1. The Balaban J connectivity index is 1.55. The van der Waals surface area contributed by atoms with Crippen molar-refractivity contribution >= 4 is 28.7 Å². The summed E-state index contributed by atoms with van der Waals surface area (Å²) in [5, 5.41) is 13.9. The summed E-state index contributed by atoms with van der Waals surface area (Å²) in [6.45, 7) is 0.627. The zero-order valence-corrected chi connectivity index (χ0v) is 18.1. The van der Waals surface area contributed by atoms with Crippen LogP contribution in [0.25, 0.3) is 22.2 Å². The summed E-state index contributed by atoms with van der Waals surface area (Å²) >= 11 is 0. The number of aliphatic hydroxyl groups is 1. The minimum Gasteiger partial charge on any atom is -0.395 e. The van der Waals surface area contributed by atoms with Crippen LogP contribution in [0.5, 0.6) is 0 Å². The van der Waals surface area contributed by atoms with Gasteiger partial charge in [0.25, 0.3) is 5.91 Å². The minimum atomic E-state index is -0.368. The highest BCUT2D eigenvalue weighted by molar-refractivity contribution is 6.07. The SMILES string of the molecule is CN(CCO)c1ccc(C=NNC(=O)c2cc(-c3ccc(F)cc3)nc3ccccc23)cc1. The van der Waals surface area contributed by atoms with Gasteiger partial charge in [-0.15, -0.1) is 0 Å². The number of carbonyl (C=O) groups excluding carboxylic acids is 1. The number of benzene rings is 3. The van der Waals surface area contributed by atoms with Crippen LogP contribution in [0.15, 0.2) is 84.0 Å². The van der Waals surface area contributed by atoms with Gasteiger partial charge in [0, 0.05) is 30.2 Å². The van der Waals surface area contributed by atoms with E-state index in [0.29, 0.717) is 34.3 Å². The first-order valence-electron chi connectivity index (χ1n) is 10.5. The second-order valence-corrected chi connectivity index (χ2v) is 7.51. The molecule has 166 valence electrons. The molecule has 0 unspecified atom stereocenters. The predicted octanol–water partition coefficient (Wildman–Crippen LogP) is 4.23. The van der Waals surface area contributed by atoms with E-state index < -0.39 is 0 Å². The van der Waals surface area contributed by atoms with Crippen molar-refractivity contribution in [2.45, 2.75) is 0 Å². The van der Waals surface area contributed by atoms with Gasteiger partial charge in [0.05, 0.1) is 29.6 Å². The van der Waals surface area contributed by atoms with Crippen molar-refractivity contribution in [1.82, 2.24) is 10.4 Å². The van der Waals surface area contributed by atoms with Crippen molar-refractivity contribution in [3.05, 3.63) is 95.8 Å². The first-order chi connectivity index (χ1) is 16.0. The molecular weight excluding hydrogens is 419 g/mol. The minimum absolute atomic E-state index is 0.0817. The molecule has 3 aromatic carbocycles. The molecule has 0 bridgehead atoms. The second-order valence-electron chi connectivity index (χ2n) is 7.51. The van der Waals surface area contributed by atoms with Crippen LogP contribution in [0.4, 0.5) is 10.1 Å². The van der Waals surface area contributed by atoms with E-state index in [-0.39, 0.29) is 18.3 Å². The monoisotopic (exact) mass is 442 g/mol. The summed E-state index contributed by atoms with van der Waals surface area (Å²) in [6, 6.07) is 22.6. The predicted molar refractivity (Wildman–Crippen MR) is 129 cm³/mol. The van der Waals surface area contributed by atoms with Gasteiger partial charge in [-0.25, -0.2) is 14.8 Å². The first-order valence-corrected chi connectivity index (χ1v) is 10.5. The Morgan fingerprint density at radius 3 is 2.55 bits per heavy atom. The molecule has 7 heteroatoms. The normalized spacial score (nSPS) is 11.1. The largest absolute Gasteiger partial charge is 0.395 e. The number of pyridine rings is 1. The molecular formula is C26H23FN4O2. The maximum Gasteiger partial charge on any atom is 0.272 e. The molecule has 6 nitrogen and oxygen atoms in total. The molecule has 1 amide bonds. The van der Waals surface area contributed by atoms with Crippen molar-refractivity contribution in [2.75, 3.05) is 25.1 Å². The van der Waals surface area contributed by atoms with E-state index in [1.807, 2.05) is 60.5 Å². The summed E-state index contributed by atoms with van der Waals surface area (Å²) in [5.41, 5.74) is 6.76. The van der Waals surface area contributed by atoms with Gasteiger partial charge in [-0.2, -0.15) is 5.10 Å². The molecule has 0 aliphatic carbocycles. The topological polar surface area (TPSA) is 77.8 Å². The molecule has 2 N–H and O–H groups in total. The molecule has 0 atom stereocenters. The third-order valence-electron chi connectivity index (χ3n) is 5.25. The number of anilines is 1. The molecule has 0 fully saturated rings. The molecule has 33 heavy (non-hydrogen) atoms. The van der Waals surface area contributed by atoms with Gasteiger partial charge >= 0.3 is 0 Å². The average molecular weight is 442 g/mol. The second kappa shape index (κ2) is 10.0. The van der Waals surface area contributed by atoms with E-state index in [1.165, 1.54) is 12.1 Å². The Morgan fingerprint density at radius 1 is 1.09 bits per heavy atom. The van der Waals surface area contributed by atoms with Crippen LogP contribution in [-0.4, -0.2) is 42.4 Å². The molecule has 0 saturated heterocycles. The third kappa shape index (κ3) is 5.22. The van der Waals surface area contributed by atoms with Crippen molar-refractivity contribution in [2.24, 2.45) is 5.10 Å². The Morgan fingerprint density at radius 2 is 1.82 bits per heavy atom. The number of para-hydroxylation sites is 1. The van der Waals surface area contributed by atoms with Crippen LogP contribution in [-0.2, 0) is 0 Å². The molecule has 1 aromatic heterocycles. The standard InChI is InChI=1S/C26H23FN4O2/c1-31(14-15-32)21-12-6-18(7-13-21)17-28-30-26(33)23-16-25(19-8-10-20(27)11-9-19)29-24-5-3-2-4-22(23)24/h2-13,16-17,32H,14-15H2,1H3,(H,30,33). The lowest BCUT2D eigenvalue weighted by molar-refractivity contribution is 0.0956. The van der Waals surface area contributed by atoms with Crippen LogP contribution in [0.3, 0.4) is 0 Å². The van der Waals surface area contributed by atoms with Crippen molar-refractivity contribution < 1.29 is 14.3 Å². The Bertz CT molecular complexity index is 1290. The van der Waals surface area contributed by atoms with E-state index in [2.05, 4.69) is 15.5 Å². The van der Waals surface area contributed by atoms with Crippen molar-refractivity contribution in [1.29, 1.82) is 0 Å². The number of hydrogen-bond donors (Lipinski definition) is 2. The van der Waals surface area contributed by atoms with E-state index in [1.54, 1.807) is 24.4 Å². The zero-order valence-electron chi connectivity index (χ0n) is 18.1. The summed E-state index contributed by atoms with van der Waals surface area (Å²) in [5.74, 6) is -0.701. The van der Waals surface area contributed by atoms with Gasteiger partial charge in [0.15, 0.2) is 0 Å². The molecule has 0 aliphatic rings. The summed E-state index contributed by atoms with van der Waals surface area (Å²) in [4.78, 5) is 19.5. The van der Waals surface area contributed by atoms with Crippen LogP contribution < -0.4 is 10.3 Å². The number of amides is 1. The summed E-state index contributed by atoms with van der Waals surface area (Å²) < 4.78 is 13.3. The fourth-order valence-corrected chi connectivity index (χ4v) is 3.45. The van der Waals surface area contributed by atoms with Crippen LogP contribution in [0.2, 0.25) is 0 Å². The van der Waals surface area contributed by atoms with Crippen LogP contribution >= 0.6 is 0 Å². The summed E-state index contributed by atoms with van der Waals surface area (Å²) in [6.07, 6.45) is 1.57. The molecule has 4 rings (SSSR count). The number of nitrogens with zero attached hydrogens (tertiary/aromatic N) is 3. The van der Waals surface area contributed by atoms with E-state index in [4.69, 9.17) is 5.11 Å². The highest BCUT2D eigenvalue weighted by Crippen LogP contribution is 2.25. The van der Waals surface area contributed by atoms with Gasteiger partial charge < -0.3 is 10.0 Å². The number of rotatable bonds is 7. The van der Waals surface area contributed by atoms with Crippen LogP contribution in [0, 0.1) is 5.82 Å². The number of hydrazone groups is 1. The lowest BCUT2D eigenvalue weighted by atomic mass is 10.0. The number of halogens is 1. The maximum absolute atomic E-state index is 13.3. The van der Waals surface area contributed by atoms with Gasteiger partial charge in [0.1, 0.15) is 5.82 Å². The number of fused-ring (bicyclic) bond motifs is 1.